The number of hydrogen-bond donors (Lipinski definition) is 2. The minimum absolute atomic E-state index is 0.153. The summed E-state index contributed by atoms with van der Waals surface area (Å²) < 4.78 is 1.83. The third kappa shape index (κ3) is 3.34. The van der Waals surface area contributed by atoms with Crippen LogP contribution in [-0.4, -0.2) is 28.3 Å². The maximum atomic E-state index is 11.4. The number of aromatic nitrogens is 2. The first-order chi connectivity index (χ1) is 7.75. The van der Waals surface area contributed by atoms with Gasteiger partial charge in [-0.15, -0.1) is 0 Å². The van der Waals surface area contributed by atoms with E-state index < -0.39 is 0 Å². The number of carbonyl (C=O) groups is 1. The molecule has 2 N–H and O–H groups in total. The molecule has 1 heterocycles. The SMILES string of the molecule is Cn1nccc1CNCCC(=O)NC1CC1. The summed E-state index contributed by atoms with van der Waals surface area (Å²) in [6.07, 6.45) is 4.62. The Bertz CT molecular complexity index is 357. The van der Waals surface area contributed by atoms with Crippen LogP contribution in [0.5, 0.6) is 0 Å². The van der Waals surface area contributed by atoms with Crippen molar-refractivity contribution < 1.29 is 4.79 Å². The van der Waals surface area contributed by atoms with Crippen LogP contribution < -0.4 is 10.6 Å². The van der Waals surface area contributed by atoms with Gasteiger partial charge in [-0.3, -0.25) is 9.48 Å². The van der Waals surface area contributed by atoms with Crippen LogP contribution in [0.15, 0.2) is 12.3 Å². The van der Waals surface area contributed by atoms with E-state index in [4.69, 9.17) is 0 Å². The fourth-order valence-electron chi connectivity index (χ4n) is 1.52. The number of carbonyl (C=O) groups excluding carboxylic acids is 1. The molecule has 1 aliphatic carbocycles. The summed E-state index contributed by atoms with van der Waals surface area (Å²) in [6.45, 7) is 1.47. The first-order valence-corrected chi connectivity index (χ1v) is 5.72. The molecule has 0 unspecified atom stereocenters. The van der Waals surface area contributed by atoms with E-state index in [9.17, 15) is 4.79 Å². The van der Waals surface area contributed by atoms with Crippen LogP contribution in [0.25, 0.3) is 0 Å². The minimum Gasteiger partial charge on any atom is -0.353 e. The summed E-state index contributed by atoms with van der Waals surface area (Å²) in [5.74, 6) is 0.153. The van der Waals surface area contributed by atoms with Crippen molar-refractivity contribution in [1.82, 2.24) is 20.4 Å². The van der Waals surface area contributed by atoms with Gasteiger partial charge in [-0.1, -0.05) is 0 Å². The van der Waals surface area contributed by atoms with Gasteiger partial charge in [0.15, 0.2) is 0 Å². The van der Waals surface area contributed by atoms with Crippen molar-refractivity contribution in [3.63, 3.8) is 0 Å². The smallest absolute Gasteiger partial charge is 0.221 e. The number of hydrogen-bond acceptors (Lipinski definition) is 3. The van der Waals surface area contributed by atoms with Crippen molar-refractivity contribution >= 4 is 5.91 Å². The summed E-state index contributed by atoms with van der Waals surface area (Å²) in [7, 11) is 1.91. The van der Waals surface area contributed by atoms with Crippen LogP contribution in [0.2, 0.25) is 0 Å². The molecule has 5 heteroatoms. The Balaban J connectivity index is 1.57. The van der Waals surface area contributed by atoms with E-state index in [0.29, 0.717) is 19.0 Å². The van der Waals surface area contributed by atoms with E-state index in [-0.39, 0.29) is 5.91 Å². The molecule has 1 fully saturated rings. The second kappa shape index (κ2) is 5.12. The Morgan fingerprint density at radius 1 is 1.62 bits per heavy atom. The van der Waals surface area contributed by atoms with Crippen molar-refractivity contribution in [3.8, 4) is 0 Å². The maximum absolute atomic E-state index is 11.4. The van der Waals surface area contributed by atoms with E-state index in [1.807, 2.05) is 17.8 Å². The Morgan fingerprint density at radius 3 is 3.06 bits per heavy atom. The predicted octanol–water partition coefficient (Wildman–Crippen LogP) is 0.178. The van der Waals surface area contributed by atoms with Gasteiger partial charge in [-0.05, 0) is 18.9 Å². The molecule has 1 aromatic heterocycles. The summed E-state index contributed by atoms with van der Waals surface area (Å²) in [5.41, 5.74) is 1.13. The zero-order chi connectivity index (χ0) is 11.4. The summed E-state index contributed by atoms with van der Waals surface area (Å²) in [4.78, 5) is 11.4. The van der Waals surface area contributed by atoms with Crippen molar-refractivity contribution in [1.29, 1.82) is 0 Å². The van der Waals surface area contributed by atoms with Gasteiger partial charge in [-0.25, -0.2) is 0 Å². The lowest BCUT2D eigenvalue weighted by Crippen LogP contribution is -2.29. The molecular weight excluding hydrogens is 204 g/mol. The van der Waals surface area contributed by atoms with Crippen molar-refractivity contribution in [2.24, 2.45) is 7.05 Å². The minimum atomic E-state index is 0.153. The van der Waals surface area contributed by atoms with Crippen molar-refractivity contribution in [3.05, 3.63) is 18.0 Å². The van der Waals surface area contributed by atoms with Gasteiger partial charge in [-0.2, -0.15) is 5.10 Å². The third-order valence-corrected chi connectivity index (χ3v) is 2.70. The molecule has 5 nitrogen and oxygen atoms in total. The van der Waals surface area contributed by atoms with Gasteiger partial charge in [0.25, 0.3) is 0 Å². The highest BCUT2D eigenvalue weighted by atomic mass is 16.1. The number of nitrogens with one attached hydrogen (secondary N) is 2. The first kappa shape index (κ1) is 11.1. The van der Waals surface area contributed by atoms with E-state index in [1.54, 1.807) is 6.20 Å². The zero-order valence-corrected chi connectivity index (χ0v) is 9.57. The molecule has 1 aromatic rings. The number of amides is 1. The lowest BCUT2D eigenvalue weighted by Gasteiger charge is -2.05. The highest BCUT2D eigenvalue weighted by molar-refractivity contribution is 5.76. The lowest BCUT2D eigenvalue weighted by molar-refractivity contribution is -0.121. The maximum Gasteiger partial charge on any atom is 0.221 e. The molecule has 0 spiro atoms. The molecule has 0 atom stereocenters. The Hall–Kier alpha value is -1.36. The van der Waals surface area contributed by atoms with Gasteiger partial charge in [0.2, 0.25) is 5.91 Å². The van der Waals surface area contributed by atoms with Crippen LogP contribution in [-0.2, 0) is 18.4 Å². The standard InChI is InChI=1S/C11H18N4O/c1-15-10(4-7-13-15)8-12-6-5-11(16)14-9-2-3-9/h4,7,9,12H,2-3,5-6,8H2,1H3,(H,14,16). The summed E-state index contributed by atoms with van der Waals surface area (Å²) in [5, 5.41) is 10.3. The average molecular weight is 222 g/mol. The Labute approximate surface area is 95.2 Å². The molecule has 1 aliphatic rings. The van der Waals surface area contributed by atoms with Crippen LogP contribution in [0, 0.1) is 0 Å². The molecule has 0 aliphatic heterocycles. The summed E-state index contributed by atoms with van der Waals surface area (Å²) >= 11 is 0. The third-order valence-electron chi connectivity index (χ3n) is 2.70. The van der Waals surface area contributed by atoms with Gasteiger partial charge < -0.3 is 10.6 Å². The van der Waals surface area contributed by atoms with Gasteiger partial charge in [0.1, 0.15) is 0 Å². The molecular formula is C11H18N4O. The number of nitrogens with zero attached hydrogens (tertiary/aromatic N) is 2. The van der Waals surface area contributed by atoms with Crippen LogP contribution in [0.4, 0.5) is 0 Å². The number of aryl methyl sites for hydroxylation is 1. The lowest BCUT2D eigenvalue weighted by atomic mass is 10.3. The molecule has 0 saturated heterocycles. The molecule has 88 valence electrons. The highest BCUT2D eigenvalue weighted by Crippen LogP contribution is 2.18. The van der Waals surface area contributed by atoms with Crippen LogP contribution in [0.3, 0.4) is 0 Å². The van der Waals surface area contributed by atoms with Gasteiger partial charge in [0.05, 0.1) is 5.69 Å². The molecule has 1 saturated carbocycles. The van der Waals surface area contributed by atoms with Gasteiger partial charge in [0, 0.05) is 38.8 Å². The topological polar surface area (TPSA) is 59.0 Å². The highest BCUT2D eigenvalue weighted by Gasteiger charge is 2.22. The Kier molecular flexibility index (Phi) is 3.56. The fraction of sp³-hybridized carbons (Fsp3) is 0.636. The van der Waals surface area contributed by atoms with Gasteiger partial charge >= 0.3 is 0 Å². The number of rotatable bonds is 6. The molecule has 2 rings (SSSR count). The molecule has 16 heavy (non-hydrogen) atoms. The van der Waals surface area contributed by atoms with Crippen LogP contribution >= 0.6 is 0 Å². The second-order valence-corrected chi connectivity index (χ2v) is 4.21. The van der Waals surface area contributed by atoms with Crippen LogP contribution in [0.1, 0.15) is 25.0 Å². The zero-order valence-electron chi connectivity index (χ0n) is 9.57. The largest absolute Gasteiger partial charge is 0.353 e. The first-order valence-electron chi connectivity index (χ1n) is 5.72. The average Bonchev–Trinajstić information content (AvgIpc) is 2.96. The fourth-order valence-corrected chi connectivity index (χ4v) is 1.52. The van der Waals surface area contributed by atoms with E-state index in [0.717, 1.165) is 25.1 Å². The molecule has 1 amide bonds. The van der Waals surface area contributed by atoms with Crippen molar-refractivity contribution in [2.45, 2.75) is 31.8 Å². The molecule has 0 aromatic carbocycles. The monoisotopic (exact) mass is 222 g/mol. The van der Waals surface area contributed by atoms with E-state index in [2.05, 4.69) is 15.7 Å². The normalized spacial score (nSPS) is 15.1. The molecule has 0 radical (unpaired) electrons. The Morgan fingerprint density at radius 2 is 2.44 bits per heavy atom. The summed E-state index contributed by atoms with van der Waals surface area (Å²) in [6, 6.07) is 2.43. The van der Waals surface area contributed by atoms with E-state index >= 15 is 0 Å². The quantitative estimate of drug-likeness (QED) is 0.675. The second-order valence-electron chi connectivity index (χ2n) is 4.21. The van der Waals surface area contributed by atoms with E-state index in [1.165, 1.54) is 0 Å². The molecule has 0 bridgehead atoms. The van der Waals surface area contributed by atoms with Crippen molar-refractivity contribution in [2.75, 3.05) is 6.54 Å². The predicted molar refractivity (Wildman–Crippen MR) is 60.7 cm³/mol.